The average molecular weight is 466 g/mol. The smallest absolute Gasteiger partial charge is 0.422 e. The highest BCUT2D eigenvalue weighted by atomic mass is 32.1. The first kappa shape index (κ1) is 21.7. The fraction of sp³-hybridized carbons (Fsp3) is 0.200. The van der Waals surface area contributed by atoms with Gasteiger partial charge in [0.05, 0.1) is 10.2 Å². The first-order valence-corrected chi connectivity index (χ1v) is 10.1. The van der Waals surface area contributed by atoms with Crippen molar-refractivity contribution in [2.75, 3.05) is 11.9 Å². The van der Waals surface area contributed by atoms with Gasteiger partial charge in [0.25, 0.3) is 0 Å². The monoisotopic (exact) mass is 466 g/mol. The van der Waals surface area contributed by atoms with Gasteiger partial charge in [-0.3, -0.25) is 4.79 Å². The molecule has 4 aromatic rings. The third-order valence-corrected chi connectivity index (χ3v) is 5.08. The van der Waals surface area contributed by atoms with Crippen molar-refractivity contribution in [2.24, 2.45) is 0 Å². The molecule has 12 heteroatoms. The maximum absolute atomic E-state index is 13.0. The molecule has 166 valence electrons. The molecule has 0 fully saturated rings. The van der Waals surface area contributed by atoms with Crippen molar-refractivity contribution in [3.05, 3.63) is 54.2 Å². The molecule has 0 saturated carbocycles. The number of benzene rings is 2. The third kappa shape index (κ3) is 5.58. The van der Waals surface area contributed by atoms with Gasteiger partial charge in [-0.05, 0) is 42.5 Å². The number of hydrogen-bond donors (Lipinski definition) is 1. The van der Waals surface area contributed by atoms with E-state index in [0.717, 1.165) is 11.3 Å². The summed E-state index contributed by atoms with van der Waals surface area (Å²) in [6, 6.07) is 9.93. The molecule has 2 aromatic heterocycles. The Kier molecular flexibility index (Phi) is 6.04. The molecule has 2 aromatic carbocycles. The van der Waals surface area contributed by atoms with Gasteiger partial charge in [-0.1, -0.05) is 16.5 Å². The van der Waals surface area contributed by atoms with Gasteiger partial charge in [0.15, 0.2) is 11.7 Å². The number of aromatic nitrogens is 3. The van der Waals surface area contributed by atoms with Gasteiger partial charge in [0.1, 0.15) is 11.6 Å². The van der Waals surface area contributed by atoms with Crippen LogP contribution in [-0.2, 0) is 11.2 Å². The van der Waals surface area contributed by atoms with E-state index in [-0.39, 0.29) is 42.0 Å². The van der Waals surface area contributed by atoms with Gasteiger partial charge >= 0.3 is 6.18 Å². The highest BCUT2D eigenvalue weighted by Gasteiger charge is 2.28. The molecule has 0 unspecified atom stereocenters. The number of nitrogens with zero attached hydrogens (tertiary/aromatic N) is 3. The van der Waals surface area contributed by atoms with Crippen LogP contribution in [0.3, 0.4) is 0 Å². The second-order valence-electron chi connectivity index (χ2n) is 6.62. The average Bonchev–Trinajstić information content (AvgIpc) is 3.37. The molecule has 0 bridgehead atoms. The first-order valence-electron chi connectivity index (χ1n) is 9.24. The van der Waals surface area contributed by atoms with E-state index in [9.17, 15) is 22.4 Å². The Hall–Kier alpha value is -3.54. The molecule has 0 atom stereocenters. The number of hydrogen-bond acceptors (Lipinski definition) is 7. The SMILES string of the molecule is O=C(CCc1nc(-c2ccc(F)cc2)no1)Nc1nc2ccc(OCC(F)(F)F)cc2s1. The van der Waals surface area contributed by atoms with Gasteiger partial charge in [-0.15, -0.1) is 0 Å². The molecule has 0 aliphatic carbocycles. The molecular formula is C20H14F4N4O3S. The number of alkyl halides is 3. The molecule has 1 N–H and O–H groups in total. The number of carbonyl (C=O) groups excluding carboxylic acids is 1. The van der Waals surface area contributed by atoms with Gasteiger partial charge in [-0.2, -0.15) is 18.2 Å². The van der Waals surface area contributed by atoms with Gasteiger partial charge in [-0.25, -0.2) is 9.37 Å². The summed E-state index contributed by atoms with van der Waals surface area (Å²) in [7, 11) is 0. The molecule has 7 nitrogen and oxygen atoms in total. The zero-order chi connectivity index (χ0) is 22.7. The fourth-order valence-electron chi connectivity index (χ4n) is 2.69. The zero-order valence-corrected chi connectivity index (χ0v) is 17.0. The van der Waals surface area contributed by atoms with Crippen LogP contribution in [-0.4, -0.2) is 33.8 Å². The zero-order valence-electron chi connectivity index (χ0n) is 16.1. The summed E-state index contributed by atoms with van der Waals surface area (Å²) in [6.45, 7) is -1.39. The summed E-state index contributed by atoms with van der Waals surface area (Å²) in [5.74, 6) is -0.136. The Morgan fingerprint density at radius 1 is 1.12 bits per heavy atom. The van der Waals surface area contributed by atoms with Crippen LogP contribution in [0.15, 0.2) is 47.0 Å². The van der Waals surface area contributed by atoms with Crippen molar-refractivity contribution in [3.63, 3.8) is 0 Å². The first-order chi connectivity index (χ1) is 15.2. The molecule has 2 heterocycles. The number of fused-ring (bicyclic) bond motifs is 1. The fourth-order valence-corrected chi connectivity index (χ4v) is 3.60. The van der Waals surface area contributed by atoms with Gasteiger partial charge in [0, 0.05) is 18.4 Å². The number of amides is 1. The molecule has 0 radical (unpaired) electrons. The van der Waals surface area contributed by atoms with Crippen LogP contribution in [0.2, 0.25) is 0 Å². The number of anilines is 1. The van der Waals surface area contributed by atoms with Gasteiger partial charge < -0.3 is 14.6 Å². The lowest BCUT2D eigenvalue weighted by Gasteiger charge is -2.08. The van der Waals surface area contributed by atoms with Crippen molar-refractivity contribution in [1.82, 2.24) is 15.1 Å². The molecule has 0 aliphatic heterocycles. The van der Waals surface area contributed by atoms with E-state index < -0.39 is 12.8 Å². The summed E-state index contributed by atoms with van der Waals surface area (Å²) < 4.78 is 60.3. The summed E-state index contributed by atoms with van der Waals surface area (Å²) in [4.78, 5) is 20.6. The van der Waals surface area contributed by atoms with E-state index >= 15 is 0 Å². The van der Waals surface area contributed by atoms with E-state index in [1.165, 1.54) is 42.5 Å². The Morgan fingerprint density at radius 2 is 1.91 bits per heavy atom. The lowest BCUT2D eigenvalue weighted by atomic mass is 10.2. The molecule has 4 rings (SSSR count). The van der Waals surface area contributed by atoms with Crippen LogP contribution in [0.5, 0.6) is 5.75 Å². The lowest BCUT2D eigenvalue weighted by Crippen LogP contribution is -2.19. The highest BCUT2D eigenvalue weighted by molar-refractivity contribution is 7.22. The number of nitrogens with one attached hydrogen (secondary N) is 1. The molecule has 0 aliphatic rings. The standard InChI is InChI=1S/C20H14F4N4O3S/c21-12-3-1-11(2-4-12)18-27-17(31-28-18)8-7-16(29)26-19-25-14-6-5-13(9-15(14)32-19)30-10-20(22,23)24/h1-6,9H,7-8,10H2,(H,25,26,29). The number of aryl methyl sites for hydroxylation is 1. The summed E-state index contributed by atoms with van der Waals surface area (Å²) in [5, 5.41) is 6.75. The van der Waals surface area contributed by atoms with Crippen LogP contribution in [0, 0.1) is 5.82 Å². The van der Waals surface area contributed by atoms with Crippen LogP contribution in [0.1, 0.15) is 12.3 Å². The number of halogens is 4. The molecule has 0 saturated heterocycles. The van der Waals surface area contributed by atoms with E-state index in [2.05, 4.69) is 20.4 Å². The summed E-state index contributed by atoms with van der Waals surface area (Å²) >= 11 is 1.11. The Labute approximate surface area is 182 Å². The largest absolute Gasteiger partial charge is 0.484 e. The van der Waals surface area contributed by atoms with Gasteiger partial charge in [0.2, 0.25) is 17.6 Å². The Bertz CT molecular complexity index is 1240. The Morgan fingerprint density at radius 3 is 2.66 bits per heavy atom. The molecule has 0 spiro atoms. The minimum Gasteiger partial charge on any atom is -0.484 e. The van der Waals surface area contributed by atoms with E-state index in [0.29, 0.717) is 20.9 Å². The second-order valence-corrected chi connectivity index (χ2v) is 7.65. The minimum atomic E-state index is -4.43. The maximum Gasteiger partial charge on any atom is 0.422 e. The van der Waals surface area contributed by atoms with Crippen LogP contribution in [0.4, 0.5) is 22.7 Å². The van der Waals surface area contributed by atoms with Crippen LogP contribution in [0.25, 0.3) is 21.6 Å². The number of thiazole rings is 1. The molecular weight excluding hydrogens is 452 g/mol. The highest BCUT2D eigenvalue weighted by Crippen LogP contribution is 2.30. The normalized spacial score (nSPS) is 11.6. The number of carbonyl (C=O) groups is 1. The maximum atomic E-state index is 13.0. The van der Waals surface area contributed by atoms with Crippen molar-refractivity contribution < 1.29 is 31.6 Å². The van der Waals surface area contributed by atoms with Crippen LogP contribution >= 0.6 is 11.3 Å². The lowest BCUT2D eigenvalue weighted by molar-refractivity contribution is -0.153. The third-order valence-electron chi connectivity index (χ3n) is 4.15. The van der Waals surface area contributed by atoms with E-state index in [1.807, 2.05) is 0 Å². The van der Waals surface area contributed by atoms with E-state index in [4.69, 9.17) is 9.26 Å². The number of rotatable bonds is 7. The molecule has 1 amide bonds. The van der Waals surface area contributed by atoms with Crippen LogP contribution < -0.4 is 10.1 Å². The van der Waals surface area contributed by atoms with E-state index in [1.54, 1.807) is 0 Å². The summed E-state index contributed by atoms with van der Waals surface area (Å²) in [6.07, 6.45) is -4.21. The van der Waals surface area contributed by atoms with Crippen molar-refractivity contribution in [1.29, 1.82) is 0 Å². The minimum absolute atomic E-state index is 0.0426. The van der Waals surface area contributed by atoms with Crippen molar-refractivity contribution >= 4 is 32.6 Å². The van der Waals surface area contributed by atoms with Crippen molar-refractivity contribution in [2.45, 2.75) is 19.0 Å². The predicted molar refractivity (Wildman–Crippen MR) is 108 cm³/mol. The predicted octanol–water partition coefficient (Wildman–Crippen LogP) is 5.00. The van der Waals surface area contributed by atoms with Crippen molar-refractivity contribution in [3.8, 4) is 17.1 Å². The molecule has 32 heavy (non-hydrogen) atoms. The topological polar surface area (TPSA) is 90.1 Å². The quantitative estimate of drug-likeness (QED) is 0.386. The Balaban J connectivity index is 1.33. The second kappa shape index (κ2) is 8.91. The number of ether oxygens (including phenoxy) is 1. The summed E-state index contributed by atoms with van der Waals surface area (Å²) in [5.41, 5.74) is 1.10.